The first kappa shape index (κ1) is 17.5. The summed E-state index contributed by atoms with van der Waals surface area (Å²) in [5.74, 6) is 0.157. The molecule has 136 valence electrons. The number of rotatable bonds is 3. The molecule has 25 heavy (non-hydrogen) atoms. The maximum atomic E-state index is 13.3. The lowest BCUT2D eigenvalue weighted by Gasteiger charge is -2.32. The topological polar surface area (TPSA) is 60.9 Å². The molecule has 2 heterocycles. The van der Waals surface area contributed by atoms with Gasteiger partial charge in [0.05, 0.1) is 5.69 Å². The number of piperazine rings is 1. The molecule has 1 aromatic carbocycles. The summed E-state index contributed by atoms with van der Waals surface area (Å²) in [5, 5.41) is 0. The van der Waals surface area contributed by atoms with Crippen molar-refractivity contribution < 1.29 is 13.2 Å². The van der Waals surface area contributed by atoms with Gasteiger partial charge in [0.1, 0.15) is 4.90 Å². The first-order valence-electron chi connectivity index (χ1n) is 8.70. The van der Waals surface area contributed by atoms with E-state index in [-0.39, 0.29) is 16.7 Å². The number of carbonyl (C=O) groups excluding carboxylic acids is 1. The zero-order valence-electron chi connectivity index (χ0n) is 14.2. The molecular weight excluding hydrogens is 406 g/mol. The Morgan fingerprint density at radius 1 is 1.12 bits per heavy atom. The third kappa shape index (κ3) is 3.13. The number of hydrogen-bond donors (Lipinski definition) is 0. The van der Waals surface area contributed by atoms with E-state index in [9.17, 15) is 13.2 Å². The molecule has 2 fully saturated rings. The highest BCUT2D eigenvalue weighted by atomic mass is 79.9. The summed E-state index contributed by atoms with van der Waals surface area (Å²) in [6, 6.07) is 3.60. The van der Waals surface area contributed by atoms with Gasteiger partial charge in [-0.15, -0.1) is 0 Å². The molecule has 0 radical (unpaired) electrons. The van der Waals surface area contributed by atoms with Gasteiger partial charge in [0.15, 0.2) is 0 Å². The van der Waals surface area contributed by atoms with Gasteiger partial charge >= 0.3 is 0 Å². The summed E-state index contributed by atoms with van der Waals surface area (Å²) in [6.07, 6.45) is 2.54. The van der Waals surface area contributed by atoms with E-state index in [1.807, 2.05) is 13.1 Å². The van der Waals surface area contributed by atoms with Gasteiger partial charge in [0.25, 0.3) is 0 Å². The fourth-order valence-electron chi connectivity index (χ4n) is 3.60. The van der Waals surface area contributed by atoms with Gasteiger partial charge in [-0.1, -0.05) is 15.9 Å². The molecule has 1 saturated carbocycles. The van der Waals surface area contributed by atoms with Crippen molar-refractivity contribution in [1.82, 2.24) is 9.21 Å². The maximum Gasteiger partial charge on any atom is 0.245 e. The molecule has 6 nitrogen and oxygen atoms in total. The Balaban J connectivity index is 1.75. The third-order valence-corrected chi connectivity index (χ3v) is 7.64. The van der Waals surface area contributed by atoms with Gasteiger partial charge in [0.2, 0.25) is 15.9 Å². The number of fused-ring (bicyclic) bond motifs is 1. The summed E-state index contributed by atoms with van der Waals surface area (Å²) in [6.45, 7) is 2.99. The van der Waals surface area contributed by atoms with Crippen LogP contribution in [-0.4, -0.2) is 63.3 Å². The lowest BCUT2D eigenvalue weighted by Crippen LogP contribution is -2.47. The molecule has 1 amide bonds. The van der Waals surface area contributed by atoms with Gasteiger partial charge < -0.3 is 9.80 Å². The number of nitrogens with zero attached hydrogens (tertiary/aromatic N) is 3. The predicted octanol–water partition coefficient (Wildman–Crippen LogP) is 1.68. The number of hydrogen-bond acceptors (Lipinski definition) is 4. The van der Waals surface area contributed by atoms with Gasteiger partial charge in [0, 0.05) is 43.1 Å². The number of benzene rings is 1. The van der Waals surface area contributed by atoms with E-state index in [4.69, 9.17) is 0 Å². The van der Waals surface area contributed by atoms with Crippen molar-refractivity contribution in [1.29, 1.82) is 0 Å². The number of sulfonamides is 1. The highest BCUT2D eigenvalue weighted by Crippen LogP contribution is 2.42. The van der Waals surface area contributed by atoms with E-state index in [0.29, 0.717) is 31.7 Å². The summed E-state index contributed by atoms with van der Waals surface area (Å²) in [7, 11) is -1.63. The van der Waals surface area contributed by atoms with Crippen LogP contribution in [0.3, 0.4) is 0 Å². The molecule has 1 aliphatic carbocycles. The normalized spacial score (nSPS) is 22.2. The van der Waals surface area contributed by atoms with E-state index in [0.717, 1.165) is 36.0 Å². The van der Waals surface area contributed by atoms with Crippen LogP contribution in [0.2, 0.25) is 0 Å². The van der Waals surface area contributed by atoms with Crippen LogP contribution in [0.1, 0.15) is 18.4 Å². The van der Waals surface area contributed by atoms with E-state index in [1.54, 1.807) is 15.3 Å². The van der Waals surface area contributed by atoms with Gasteiger partial charge in [-0.05, 0) is 44.0 Å². The molecule has 2 aliphatic heterocycles. The second kappa shape index (κ2) is 6.33. The molecule has 0 bridgehead atoms. The monoisotopic (exact) mass is 427 g/mol. The van der Waals surface area contributed by atoms with Gasteiger partial charge in [-0.2, -0.15) is 4.31 Å². The number of anilines is 1. The first-order valence-corrected chi connectivity index (χ1v) is 10.9. The molecule has 0 unspecified atom stereocenters. The Bertz CT molecular complexity index is 815. The van der Waals surface area contributed by atoms with E-state index in [2.05, 4.69) is 20.8 Å². The lowest BCUT2D eigenvalue weighted by molar-refractivity contribution is -0.119. The standard InChI is InChI=1S/C17H22BrN3O3S/c1-19-6-8-20(9-7-19)25(23,24)15-11-14(18)10-13-4-5-21(16(13)15)17(22)12-2-3-12/h10-12H,2-9H2,1H3. The van der Waals surface area contributed by atoms with Crippen LogP contribution in [0.25, 0.3) is 0 Å². The zero-order chi connectivity index (χ0) is 17.8. The fourth-order valence-corrected chi connectivity index (χ4v) is 5.95. The largest absolute Gasteiger partial charge is 0.310 e. The van der Waals surface area contributed by atoms with Crippen LogP contribution in [0.15, 0.2) is 21.5 Å². The number of carbonyl (C=O) groups is 1. The Morgan fingerprint density at radius 2 is 1.80 bits per heavy atom. The molecule has 0 spiro atoms. The quantitative estimate of drug-likeness (QED) is 0.735. The third-order valence-electron chi connectivity index (χ3n) is 5.27. The summed E-state index contributed by atoms with van der Waals surface area (Å²) in [4.78, 5) is 16.8. The van der Waals surface area contributed by atoms with E-state index < -0.39 is 10.0 Å². The number of halogens is 1. The molecule has 8 heteroatoms. The van der Waals surface area contributed by atoms with Crippen LogP contribution in [0.5, 0.6) is 0 Å². The Labute approximate surface area is 156 Å². The van der Waals surface area contributed by atoms with E-state index >= 15 is 0 Å². The van der Waals surface area contributed by atoms with Crippen LogP contribution in [0.4, 0.5) is 5.69 Å². The minimum Gasteiger partial charge on any atom is -0.310 e. The zero-order valence-corrected chi connectivity index (χ0v) is 16.6. The van der Waals surface area contributed by atoms with Crippen LogP contribution >= 0.6 is 15.9 Å². The minimum absolute atomic E-state index is 0.0776. The van der Waals surface area contributed by atoms with Crippen LogP contribution in [0, 0.1) is 5.92 Å². The predicted molar refractivity (Wildman–Crippen MR) is 99.2 cm³/mol. The Hall–Kier alpha value is -0.960. The van der Waals surface area contributed by atoms with Gasteiger partial charge in [-0.25, -0.2) is 8.42 Å². The van der Waals surface area contributed by atoms with Crippen molar-refractivity contribution in [3.63, 3.8) is 0 Å². The molecular formula is C17H22BrN3O3S. The van der Waals surface area contributed by atoms with E-state index in [1.165, 1.54) is 0 Å². The fraction of sp³-hybridized carbons (Fsp3) is 0.588. The highest BCUT2D eigenvalue weighted by molar-refractivity contribution is 9.10. The maximum absolute atomic E-state index is 13.3. The average molecular weight is 428 g/mol. The van der Waals surface area contributed by atoms with Crippen LogP contribution < -0.4 is 4.90 Å². The second-order valence-corrected chi connectivity index (χ2v) is 9.96. The molecule has 0 atom stereocenters. The second-order valence-electron chi connectivity index (χ2n) is 7.13. The SMILES string of the molecule is CN1CCN(S(=O)(=O)c2cc(Br)cc3c2N(C(=O)C2CC2)CC3)CC1. The molecule has 0 N–H and O–H groups in total. The molecule has 0 aromatic heterocycles. The van der Waals surface area contributed by atoms with Crippen LogP contribution in [-0.2, 0) is 21.2 Å². The summed E-state index contributed by atoms with van der Waals surface area (Å²) >= 11 is 3.45. The molecule has 1 aromatic rings. The Kier molecular flexibility index (Phi) is 4.42. The van der Waals surface area contributed by atoms with Crippen molar-refractivity contribution in [2.45, 2.75) is 24.2 Å². The number of likely N-dealkylation sites (N-methyl/N-ethyl adjacent to an activating group) is 1. The Morgan fingerprint density at radius 3 is 2.44 bits per heavy atom. The smallest absolute Gasteiger partial charge is 0.245 e. The molecule has 1 saturated heterocycles. The van der Waals surface area contributed by atoms with Crippen molar-refractivity contribution in [3.05, 3.63) is 22.2 Å². The summed E-state index contributed by atoms with van der Waals surface area (Å²) < 4.78 is 28.9. The van der Waals surface area contributed by atoms with Gasteiger partial charge in [-0.3, -0.25) is 4.79 Å². The number of amides is 1. The molecule has 3 aliphatic rings. The van der Waals surface area contributed by atoms with Crippen molar-refractivity contribution >= 4 is 37.5 Å². The highest BCUT2D eigenvalue weighted by Gasteiger charge is 2.40. The van der Waals surface area contributed by atoms with Crippen molar-refractivity contribution in [2.24, 2.45) is 5.92 Å². The van der Waals surface area contributed by atoms with Crippen molar-refractivity contribution in [3.8, 4) is 0 Å². The summed E-state index contributed by atoms with van der Waals surface area (Å²) in [5.41, 5.74) is 1.55. The molecule has 4 rings (SSSR count). The van der Waals surface area contributed by atoms with Crippen molar-refractivity contribution in [2.75, 3.05) is 44.7 Å². The average Bonchev–Trinajstić information content (AvgIpc) is 3.34. The lowest BCUT2D eigenvalue weighted by atomic mass is 10.2. The minimum atomic E-state index is -3.62. The first-order chi connectivity index (χ1) is 11.9.